The lowest BCUT2D eigenvalue weighted by Crippen LogP contribution is -2.52. The van der Waals surface area contributed by atoms with Crippen molar-refractivity contribution in [3.05, 3.63) is 23.3 Å². The molecule has 0 aliphatic carbocycles. The number of hydrogen-bond acceptors (Lipinski definition) is 7. The molecule has 0 spiro atoms. The predicted molar refractivity (Wildman–Crippen MR) is 149 cm³/mol. The SMILES string of the molecule is COC(=O)CCC(C)=CCCC(CCl)C(C)(OC)OC(C)(OC)C(CCl)CCC=C(C)CCC(=O)OC. The number of halogens is 2. The zero-order valence-corrected chi connectivity index (χ0v) is 25.5. The van der Waals surface area contributed by atoms with Gasteiger partial charge in [-0.25, -0.2) is 0 Å². The molecule has 4 unspecified atom stereocenters. The molecule has 0 amide bonds. The van der Waals surface area contributed by atoms with Gasteiger partial charge < -0.3 is 23.7 Å². The fourth-order valence-electron chi connectivity index (χ4n) is 4.01. The van der Waals surface area contributed by atoms with Gasteiger partial charge in [0.2, 0.25) is 0 Å². The van der Waals surface area contributed by atoms with E-state index in [0.29, 0.717) is 37.4 Å². The Kier molecular flexibility index (Phi) is 18.4. The number of carbonyl (C=O) groups is 2. The van der Waals surface area contributed by atoms with E-state index < -0.39 is 11.6 Å². The minimum absolute atomic E-state index is 0.116. The first-order valence-electron chi connectivity index (χ1n) is 12.8. The van der Waals surface area contributed by atoms with Gasteiger partial charge in [0.25, 0.3) is 0 Å². The second kappa shape index (κ2) is 19.0. The Labute approximate surface area is 234 Å². The highest BCUT2D eigenvalue weighted by molar-refractivity contribution is 6.18. The van der Waals surface area contributed by atoms with Crippen LogP contribution in [-0.2, 0) is 33.3 Å². The molecule has 0 aromatic rings. The van der Waals surface area contributed by atoms with E-state index in [1.165, 1.54) is 14.2 Å². The highest BCUT2D eigenvalue weighted by atomic mass is 35.5. The number of ether oxygens (including phenoxy) is 5. The number of esters is 2. The summed E-state index contributed by atoms with van der Waals surface area (Å²) < 4.78 is 27.7. The molecular formula is C28H48Cl2O7. The van der Waals surface area contributed by atoms with Crippen molar-refractivity contribution in [2.45, 2.75) is 90.6 Å². The Morgan fingerprint density at radius 1 is 0.703 bits per heavy atom. The maximum Gasteiger partial charge on any atom is 0.305 e. The van der Waals surface area contributed by atoms with E-state index in [-0.39, 0.29) is 23.8 Å². The van der Waals surface area contributed by atoms with Gasteiger partial charge in [-0.2, -0.15) is 0 Å². The van der Waals surface area contributed by atoms with Crippen LogP contribution in [0, 0.1) is 11.8 Å². The first-order chi connectivity index (χ1) is 17.4. The predicted octanol–water partition coefficient (Wildman–Crippen LogP) is 6.80. The molecule has 0 rings (SSSR count). The van der Waals surface area contributed by atoms with E-state index >= 15 is 0 Å². The minimum atomic E-state index is -1.00. The summed E-state index contributed by atoms with van der Waals surface area (Å²) in [6.07, 6.45) is 9.28. The maximum atomic E-state index is 11.4. The Morgan fingerprint density at radius 2 is 1.05 bits per heavy atom. The van der Waals surface area contributed by atoms with Crippen LogP contribution in [0.2, 0.25) is 0 Å². The van der Waals surface area contributed by atoms with Gasteiger partial charge in [-0.15, -0.1) is 23.2 Å². The second-order valence-electron chi connectivity index (χ2n) is 9.65. The van der Waals surface area contributed by atoms with E-state index in [1.807, 2.05) is 27.7 Å². The number of rotatable bonds is 20. The molecule has 0 fully saturated rings. The van der Waals surface area contributed by atoms with Crippen molar-refractivity contribution in [3.8, 4) is 0 Å². The van der Waals surface area contributed by atoms with Gasteiger partial charge in [-0.05, 0) is 66.2 Å². The lowest BCUT2D eigenvalue weighted by atomic mass is 9.92. The van der Waals surface area contributed by atoms with Crippen LogP contribution in [-0.4, -0.2) is 63.7 Å². The highest BCUT2D eigenvalue weighted by Gasteiger charge is 2.45. The minimum Gasteiger partial charge on any atom is -0.469 e. The summed E-state index contributed by atoms with van der Waals surface area (Å²) >= 11 is 12.8. The van der Waals surface area contributed by atoms with Crippen molar-refractivity contribution in [2.75, 3.05) is 40.2 Å². The van der Waals surface area contributed by atoms with Crippen LogP contribution < -0.4 is 0 Å². The average Bonchev–Trinajstić information content (AvgIpc) is 2.90. The molecule has 0 aliphatic rings. The smallest absolute Gasteiger partial charge is 0.305 e. The molecular weight excluding hydrogens is 519 g/mol. The van der Waals surface area contributed by atoms with Crippen molar-refractivity contribution in [1.29, 1.82) is 0 Å². The van der Waals surface area contributed by atoms with E-state index in [2.05, 4.69) is 12.2 Å². The second-order valence-corrected chi connectivity index (χ2v) is 10.3. The molecule has 0 aromatic heterocycles. The topological polar surface area (TPSA) is 80.3 Å². The average molecular weight is 568 g/mol. The molecule has 0 radical (unpaired) electrons. The van der Waals surface area contributed by atoms with Crippen molar-refractivity contribution < 1.29 is 33.3 Å². The van der Waals surface area contributed by atoms with Crippen molar-refractivity contribution in [1.82, 2.24) is 0 Å². The van der Waals surface area contributed by atoms with Crippen molar-refractivity contribution >= 4 is 35.1 Å². The summed E-state index contributed by atoms with van der Waals surface area (Å²) in [5.41, 5.74) is 2.25. The first kappa shape index (κ1) is 35.9. The molecule has 37 heavy (non-hydrogen) atoms. The Balaban J connectivity index is 5.29. The quantitative estimate of drug-likeness (QED) is 0.0693. The first-order valence-corrected chi connectivity index (χ1v) is 13.9. The fraction of sp³-hybridized carbons (Fsp3) is 0.786. The van der Waals surface area contributed by atoms with Gasteiger partial charge in [-0.1, -0.05) is 23.3 Å². The number of alkyl halides is 2. The Hall–Kier alpha value is -1.12. The van der Waals surface area contributed by atoms with Crippen LogP contribution in [0.4, 0.5) is 0 Å². The van der Waals surface area contributed by atoms with Crippen molar-refractivity contribution in [2.24, 2.45) is 11.8 Å². The van der Waals surface area contributed by atoms with Crippen LogP contribution in [0.25, 0.3) is 0 Å². The van der Waals surface area contributed by atoms with Gasteiger partial charge in [0.1, 0.15) is 0 Å². The lowest BCUT2D eigenvalue weighted by molar-refractivity contribution is -0.364. The summed E-state index contributed by atoms with van der Waals surface area (Å²) in [5, 5.41) is 0. The number of allylic oxidation sites excluding steroid dienone is 4. The zero-order chi connectivity index (χ0) is 28.5. The molecule has 0 aromatic carbocycles. The number of methoxy groups -OCH3 is 4. The van der Waals surface area contributed by atoms with Crippen LogP contribution in [0.15, 0.2) is 23.3 Å². The lowest BCUT2D eigenvalue weighted by Gasteiger charge is -2.45. The summed E-state index contributed by atoms with van der Waals surface area (Å²) in [7, 11) is 6.00. The normalized spacial score (nSPS) is 17.5. The van der Waals surface area contributed by atoms with Crippen LogP contribution in [0.3, 0.4) is 0 Å². The standard InChI is InChI=1S/C28H48Cl2O7/c1-21(15-17-25(31)33-5)11-9-13-23(19-29)27(3,35-7)37-28(4,36-8)24(20-30)14-10-12-22(2)16-18-26(32)34-6/h11-12,23-24H,9-10,13-20H2,1-8H3. The number of carbonyl (C=O) groups excluding carboxylic acids is 2. The summed E-state index contributed by atoms with van der Waals surface area (Å²) in [6, 6.07) is 0. The van der Waals surface area contributed by atoms with Gasteiger partial charge in [0, 0.05) is 50.7 Å². The summed E-state index contributed by atoms with van der Waals surface area (Å²) in [4.78, 5) is 22.8. The fourth-order valence-corrected chi connectivity index (χ4v) is 4.88. The Bertz CT molecular complexity index is 680. The third kappa shape index (κ3) is 13.5. The third-order valence-corrected chi connectivity index (χ3v) is 7.73. The molecule has 4 atom stereocenters. The molecule has 7 nitrogen and oxygen atoms in total. The van der Waals surface area contributed by atoms with E-state index in [4.69, 9.17) is 46.9 Å². The van der Waals surface area contributed by atoms with Gasteiger partial charge >= 0.3 is 11.9 Å². The number of hydrogen-bond donors (Lipinski definition) is 0. The van der Waals surface area contributed by atoms with E-state index in [9.17, 15) is 9.59 Å². The van der Waals surface area contributed by atoms with Gasteiger partial charge in [0.15, 0.2) is 11.6 Å². The summed E-state index contributed by atoms with van der Waals surface area (Å²) in [6.45, 7) is 7.77. The molecule has 0 saturated carbocycles. The maximum absolute atomic E-state index is 11.4. The van der Waals surface area contributed by atoms with Gasteiger partial charge in [-0.3, -0.25) is 9.59 Å². The molecule has 0 bridgehead atoms. The van der Waals surface area contributed by atoms with E-state index in [1.54, 1.807) is 14.2 Å². The molecule has 216 valence electrons. The van der Waals surface area contributed by atoms with Crippen LogP contribution in [0.1, 0.15) is 79.1 Å². The van der Waals surface area contributed by atoms with Crippen LogP contribution >= 0.6 is 23.2 Å². The molecule has 0 saturated heterocycles. The molecule has 0 heterocycles. The van der Waals surface area contributed by atoms with E-state index in [0.717, 1.165) is 36.8 Å². The Morgan fingerprint density at radius 3 is 1.32 bits per heavy atom. The molecule has 9 heteroatoms. The summed E-state index contributed by atoms with van der Waals surface area (Å²) in [5.74, 6) is -1.99. The molecule has 0 aliphatic heterocycles. The largest absolute Gasteiger partial charge is 0.469 e. The highest BCUT2D eigenvalue weighted by Crippen LogP contribution is 2.38. The monoisotopic (exact) mass is 566 g/mol. The van der Waals surface area contributed by atoms with Crippen molar-refractivity contribution in [3.63, 3.8) is 0 Å². The third-order valence-electron chi connectivity index (χ3n) is 6.99. The zero-order valence-electron chi connectivity index (χ0n) is 24.0. The molecule has 0 N–H and O–H groups in total. The van der Waals surface area contributed by atoms with Gasteiger partial charge in [0.05, 0.1) is 14.2 Å². The van der Waals surface area contributed by atoms with Crippen LogP contribution in [0.5, 0.6) is 0 Å².